The summed E-state index contributed by atoms with van der Waals surface area (Å²) >= 11 is 0. The molecule has 486 valence electrons. The van der Waals surface area contributed by atoms with E-state index >= 15 is 0 Å². The maximum Gasteiger partial charge on any atom is 0.343 e. The number of amides is 4. The fourth-order valence-electron chi connectivity index (χ4n) is 13.9. The van der Waals surface area contributed by atoms with Gasteiger partial charge >= 0.3 is 25.6 Å². The molecule has 0 unspecified atom stereocenters. The lowest BCUT2D eigenvalue weighted by molar-refractivity contribution is 0.0677. The Morgan fingerprint density at radius 2 is 0.853 bits per heavy atom. The zero-order valence-corrected chi connectivity index (χ0v) is 54.9. The Morgan fingerprint density at radius 3 is 1.27 bits per heavy atom. The Hall–Kier alpha value is -14.0. The van der Waals surface area contributed by atoms with Crippen LogP contribution in [0.25, 0.3) is 71.6 Å². The molecule has 0 N–H and O–H groups in total. The minimum absolute atomic E-state index is 0.0000263. The van der Waals surface area contributed by atoms with E-state index in [2.05, 4.69) is 10.9 Å². The molecule has 18 nitrogen and oxygen atoms in total. The number of esters is 2. The lowest BCUT2D eigenvalue weighted by atomic mass is 9.50. The number of nitrogens with zero attached hydrogens (tertiary/aromatic N) is 8. The van der Waals surface area contributed by atoms with Crippen molar-refractivity contribution in [3.63, 3.8) is 0 Å². The summed E-state index contributed by atoms with van der Waals surface area (Å²) in [5.74, 6) is -3.82. The third-order valence-electron chi connectivity index (χ3n) is 18.6. The van der Waals surface area contributed by atoms with E-state index in [1.165, 1.54) is 50.5 Å². The van der Waals surface area contributed by atoms with Crippen LogP contribution in [0.1, 0.15) is 85.1 Å². The Morgan fingerprint density at radius 1 is 0.461 bits per heavy atom. The van der Waals surface area contributed by atoms with Crippen LogP contribution >= 0.6 is 0 Å². The number of benzene rings is 10. The average molecular weight is 1330 g/mol. The molecule has 2 aliphatic heterocycles. The third-order valence-corrected chi connectivity index (χ3v) is 18.6. The Kier molecular flexibility index (Phi) is 15.5. The van der Waals surface area contributed by atoms with E-state index in [0.717, 1.165) is 42.8 Å². The van der Waals surface area contributed by atoms with Crippen molar-refractivity contribution in [1.29, 1.82) is 5.26 Å². The van der Waals surface area contributed by atoms with Crippen molar-refractivity contribution in [2.75, 3.05) is 14.1 Å². The molecule has 14 aromatic rings. The minimum atomic E-state index is -0.880. The van der Waals surface area contributed by atoms with Crippen LogP contribution in [0, 0.1) is 31.8 Å². The van der Waals surface area contributed by atoms with Crippen molar-refractivity contribution in [2.45, 2.75) is 13.8 Å². The highest BCUT2D eigenvalue weighted by Crippen LogP contribution is 2.40. The molecule has 20 heteroatoms. The van der Waals surface area contributed by atoms with E-state index in [-0.39, 0.29) is 78.6 Å². The van der Waals surface area contributed by atoms with E-state index in [4.69, 9.17) is 28.3 Å². The monoisotopic (exact) mass is 1330 g/mol. The van der Waals surface area contributed by atoms with E-state index in [0.29, 0.717) is 55.5 Å². The van der Waals surface area contributed by atoms with E-state index in [1.54, 1.807) is 48.5 Å². The van der Waals surface area contributed by atoms with Crippen LogP contribution in [0.3, 0.4) is 0 Å². The van der Waals surface area contributed by atoms with Crippen LogP contribution in [0.4, 0.5) is 0 Å². The van der Waals surface area contributed by atoms with Gasteiger partial charge in [0.1, 0.15) is 34.2 Å². The SMILES string of the molecule is [C-]#[N+]C(c1nc2cc(C)ccc2o1)=c1c2c(-c3cccc(OC(=O)c4ccc5c(c4)C(=O)N(C)C5=O)c3)n(B(c3ccccc3)c3ccccc3)/c(=C(/C#N)c3nc4cc(C)ccc4o3)c2c(-c2cccc(OC(=O)c3ccc4c(c3)C(=O)N(C)C4=O)c2)n1B(c1ccccc1)c1ccccc1. The van der Waals surface area contributed by atoms with Gasteiger partial charge in [-0.3, -0.25) is 29.0 Å². The van der Waals surface area contributed by atoms with Gasteiger partial charge in [-0.2, -0.15) is 5.26 Å². The number of imide groups is 2. The molecule has 102 heavy (non-hydrogen) atoms. The second-order valence-corrected chi connectivity index (χ2v) is 25.0. The van der Waals surface area contributed by atoms with Gasteiger partial charge in [-0.05, 0) is 110 Å². The molecular formula is C82H52B2N8O10. The summed E-state index contributed by atoms with van der Waals surface area (Å²) < 4.78 is 30.5. The van der Waals surface area contributed by atoms with Gasteiger partial charge in [0.25, 0.3) is 29.3 Å². The van der Waals surface area contributed by atoms with Gasteiger partial charge < -0.3 is 27.3 Å². The van der Waals surface area contributed by atoms with Crippen LogP contribution in [0.2, 0.25) is 0 Å². The highest BCUT2D eigenvalue weighted by Gasteiger charge is 2.40. The van der Waals surface area contributed by atoms with Gasteiger partial charge in [-0.25, -0.2) is 24.4 Å². The molecule has 0 saturated carbocycles. The first-order chi connectivity index (χ1) is 49.6. The fraction of sp³-hybridized carbons (Fsp3) is 0.0488. The van der Waals surface area contributed by atoms with Crippen LogP contribution in [0.15, 0.2) is 251 Å². The summed E-state index contributed by atoms with van der Waals surface area (Å²) in [4.78, 5) is 99.0. The number of hydrogen-bond acceptors (Lipinski definition) is 13. The normalized spacial score (nSPS) is 13.1. The number of aromatic nitrogens is 4. The number of ether oxygens (including phenoxy) is 2. The molecule has 4 amide bonds. The summed E-state index contributed by atoms with van der Waals surface area (Å²) in [7, 11) is 2.75. The van der Waals surface area contributed by atoms with Gasteiger partial charge in [0, 0.05) is 47.4 Å². The number of carbonyl (C=O) groups is 6. The molecule has 0 saturated heterocycles. The second kappa shape index (κ2) is 25.2. The predicted molar refractivity (Wildman–Crippen MR) is 387 cm³/mol. The number of rotatable bonds is 14. The molecule has 10 aromatic carbocycles. The lowest BCUT2D eigenvalue weighted by Gasteiger charge is -2.24. The van der Waals surface area contributed by atoms with Crippen molar-refractivity contribution >= 4 is 115 Å². The number of oxazole rings is 2. The van der Waals surface area contributed by atoms with Crippen molar-refractivity contribution in [3.8, 4) is 40.1 Å². The number of fused-ring (bicyclic) bond motifs is 5. The van der Waals surface area contributed by atoms with Gasteiger partial charge in [0.15, 0.2) is 11.2 Å². The zero-order valence-electron chi connectivity index (χ0n) is 54.9. The summed E-state index contributed by atoms with van der Waals surface area (Å²) in [6.45, 7) is 11.9. The quantitative estimate of drug-likeness (QED) is 0.0326. The molecule has 0 aliphatic carbocycles. The third kappa shape index (κ3) is 10.6. The molecule has 4 aromatic heterocycles. The highest BCUT2D eigenvalue weighted by molar-refractivity contribution is 6.85. The van der Waals surface area contributed by atoms with Crippen LogP contribution < -0.4 is 42.0 Å². The van der Waals surface area contributed by atoms with Crippen molar-refractivity contribution in [2.24, 2.45) is 0 Å². The Balaban J connectivity index is 1.11. The van der Waals surface area contributed by atoms with Gasteiger partial charge in [-0.15, -0.1) is 0 Å². The first-order valence-electron chi connectivity index (χ1n) is 32.5. The van der Waals surface area contributed by atoms with E-state index in [9.17, 15) is 40.6 Å². The molecular weight excluding hydrogens is 1280 g/mol. The first kappa shape index (κ1) is 62.8. The van der Waals surface area contributed by atoms with Crippen molar-refractivity contribution in [1.82, 2.24) is 28.7 Å². The van der Waals surface area contributed by atoms with Crippen LogP contribution in [-0.4, -0.2) is 92.1 Å². The summed E-state index contributed by atoms with van der Waals surface area (Å²) in [6.07, 6.45) is 0. The van der Waals surface area contributed by atoms with Crippen molar-refractivity contribution in [3.05, 3.63) is 321 Å². The number of nitriles is 1. The number of aryl methyl sites for hydroxylation is 2. The Labute approximate surface area is 582 Å². The van der Waals surface area contributed by atoms with Gasteiger partial charge in [0.2, 0.25) is 11.8 Å². The molecule has 0 radical (unpaired) electrons. The zero-order chi connectivity index (χ0) is 70.2. The fourth-order valence-corrected chi connectivity index (χ4v) is 13.9. The predicted octanol–water partition coefficient (Wildman–Crippen LogP) is 10.7. The molecule has 0 spiro atoms. The van der Waals surface area contributed by atoms with Crippen LogP contribution in [-0.2, 0) is 0 Å². The first-order valence-corrected chi connectivity index (χ1v) is 32.5. The smallest absolute Gasteiger partial charge is 0.343 e. The van der Waals surface area contributed by atoms with Gasteiger partial charge in [0.05, 0.1) is 50.7 Å². The highest BCUT2D eigenvalue weighted by atomic mass is 16.5. The minimum Gasteiger partial charge on any atom is -0.447 e. The van der Waals surface area contributed by atoms with Gasteiger partial charge in [-0.1, -0.05) is 180 Å². The van der Waals surface area contributed by atoms with Crippen molar-refractivity contribution < 1.29 is 47.1 Å². The van der Waals surface area contributed by atoms with E-state index < -0.39 is 49.3 Å². The Bertz CT molecular complexity index is 5700. The molecule has 0 fully saturated rings. The number of hydrogen-bond donors (Lipinski definition) is 0. The summed E-state index contributed by atoms with van der Waals surface area (Å²) in [6, 6.07) is 74.8. The summed E-state index contributed by atoms with van der Waals surface area (Å²) in [5.41, 5.74) is 8.34. The largest absolute Gasteiger partial charge is 0.447 e. The number of carbonyl (C=O) groups excluding carboxylic acids is 6. The maximum atomic E-state index is 14.7. The standard InChI is InChI=1S/C82H52B2N8O10/c1-47-32-38-66-64(40-47)87-75(101-66)63(46-85)73-68-69(72(91(73)83(53-22-10-6-11-23-53)54-24-12-7-13-25-54)50-21-19-31-58(43-50)100-82(98)52-35-37-60-62(45-52)80(96)90(5)78(60)94)74(70(86-3)76-88-65-41-48(2)33-39-67(65)102-76)92(84(55-26-14-8-15-27-55)56-28-16-9-17-29-56)71(68)49-20-18-30-57(42-49)99-81(97)51-34-36-59-61(44-51)79(95)89(4)77(59)93/h6-45H,1-2,4-5H3/b73-63-,74-70?. The average Bonchev–Trinajstić information content (AvgIpc) is 1.52. The lowest BCUT2D eigenvalue weighted by Crippen LogP contribution is -2.54. The maximum absolute atomic E-state index is 14.7. The molecule has 16 rings (SSSR count). The topological polar surface area (TPSA) is 217 Å². The molecule has 2 aliphatic rings. The summed E-state index contributed by atoms with van der Waals surface area (Å²) in [5, 5.41) is 13.8. The molecule has 0 bridgehead atoms. The molecule has 6 heterocycles. The van der Waals surface area contributed by atoms with E-state index in [1.807, 2.05) is 181 Å². The van der Waals surface area contributed by atoms with Crippen LogP contribution in [0.5, 0.6) is 11.5 Å². The molecule has 0 atom stereocenters. The second-order valence-electron chi connectivity index (χ2n) is 25.0.